The van der Waals surface area contributed by atoms with E-state index < -0.39 is 6.10 Å². The highest BCUT2D eigenvalue weighted by Gasteiger charge is 2.19. The van der Waals surface area contributed by atoms with Crippen molar-refractivity contribution in [3.05, 3.63) is 36.5 Å². The van der Waals surface area contributed by atoms with Crippen LogP contribution in [-0.2, 0) is 28.6 Å². The summed E-state index contributed by atoms with van der Waals surface area (Å²) < 4.78 is 16.9. The zero-order chi connectivity index (χ0) is 49.3. The maximum Gasteiger partial charge on any atom is 0.306 e. The van der Waals surface area contributed by atoms with Crippen molar-refractivity contribution in [2.75, 3.05) is 13.2 Å². The normalized spacial score (nSPS) is 12.2. The van der Waals surface area contributed by atoms with E-state index in [0.29, 0.717) is 19.3 Å². The molecule has 398 valence electrons. The molecule has 1 atom stereocenters. The number of esters is 3. The molecular weight excluding hydrogens is 841 g/mol. The van der Waals surface area contributed by atoms with Crippen molar-refractivity contribution >= 4 is 17.9 Å². The van der Waals surface area contributed by atoms with Crippen LogP contribution in [0.15, 0.2) is 36.5 Å². The Morgan fingerprint density at radius 3 is 0.868 bits per heavy atom. The molecule has 0 amide bonds. The zero-order valence-electron chi connectivity index (χ0n) is 45.6. The first-order valence-corrected chi connectivity index (χ1v) is 30.0. The van der Waals surface area contributed by atoms with E-state index in [9.17, 15) is 14.4 Å². The van der Waals surface area contributed by atoms with Gasteiger partial charge in [0.05, 0.1) is 0 Å². The summed E-state index contributed by atoms with van der Waals surface area (Å²) in [6, 6.07) is 0. The first-order valence-electron chi connectivity index (χ1n) is 30.0. The number of unbranched alkanes of at least 4 members (excludes halogenated alkanes) is 38. The lowest BCUT2D eigenvalue weighted by Gasteiger charge is -2.18. The van der Waals surface area contributed by atoms with Gasteiger partial charge in [0, 0.05) is 19.3 Å². The molecule has 0 aromatic heterocycles. The van der Waals surface area contributed by atoms with Crippen LogP contribution in [0, 0.1) is 0 Å². The van der Waals surface area contributed by atoms with Crippen LogP contribution in [0.3, 0.4) is 0 Å². The van der Waals surface area contributed by atoms with Crippen LogP contribution in [0.2, 0.25) is 0 Å². The number of allylic oxidation sites excluding steroid dienone is 6. The van der Waals surface area contributed by atoms with Crippen molar-refractivity contribution in [1.29, 1.82) is 0 Å². The lowest BCUT2D eigenvalue weighted by atomic mass is 10.0. The number of ether oxygens (including phenoxy) is 3. The Balaban J connectivity index is 4.28. The van der Waals surface area contributed by atoms with Crippen LogP contribution < -0.4 is 0 Å². The second-order valence-corrected chi connectivity index (χ2v) is 20.3. The third kappa shape index (κ3) is 54.6. The lowest BCUT2D eigenvalue weighted by molar-refractivity contribution is -0.167. The largest absolute Gasteiger partial charge is 0.462 e. The molecule has 0 heterocycles. The van der Waals surface area contributed by atoms with E-state index in [1.807, 2.05) is 0 Å². The summed E-state index contributed by atoms with van der Waals surface area (Å²) in [5, 5.41) is 0. The molecular formula is C62H114O6. The van der Waals surface area contributed by atoms with Crippen LogP contribution in [0.25, 0.3) is 0 Å². The highest BCUT2D eigenvalue weighted by atomic mass is 16.6. The zero-order valence-corrected chi connectivity index (χ0v) is 45.6. The van der Waals surface area contributed by atoms with Crippen LogP contribution in [0.5, 0.6) is 0 Å². The van der Waals surface area contributed by atoms with Gasteiger partial charge >= 0.3 is 17.9 Å². The van der Waals surface area contributed by atoms with E-state index in [1.54, 1.807) is 0 Å². The van der Waals surface area contributed by atoms with E-state index in [0.717, 1.165) is 89.9 Å². The minimum absolute atomic E-state index is 0.0769. The summed E-state index contributed by atoms with van der Waals surface area (Å²) in [5.41, 5.74) is 0. The van der Waals surface area contributed by atoms with Gasteiger partial charge < -0.3 is 14.2 Å². The molecule has 0 saturated heterocycles. The van der Waals surface area contributed by atoms with Crippen LogP contribution in [0.1, 0.15) is 323 Å². The number of hydrogen-bond acceptors (Lipinski definition) is 6. The number of carbonyl (C=O) groups excluding carboxylic acids is 3. The van der Waals surface area contributed by atoms with Gasteiger partial charge in [0.2, 0.25) is 0 Å². The van der Waals surface area contributed by atoms with Gasteiger partial charge in [-0.3, -0.25) is 14.4 Å². The molecule has 0 aliphatic carbocycles. The third-order valence-corrected chi connectivity index (χ3v) is 13.4. The minimum Gasteiger partial charge on any atom is -0.462 e. The molecule has 0 spiro atoms. The first kappa shape index (κ1) is 65.6. The van der Waals surface area contributed by atoms with Gasteiger partial charge in [0.15, 0.2) is 6.10 Å². The molecule has 0 radical (unpaired) electrons. The van der Waals surface area contributed by atoms with Crippen molar-refractivity contribution in [1.82, 2.24) is 0 Å². The molecule has 0 aliphatic heterocycles. The molecule has 0 fully saturated rings. The Kier molecular flexibility index (Phi) is 55.2. The van der Waals surface area contributed by atoms with Crippen LogP contribution in [-0.4, -0.2) is 37.2 Å². The lowest BCUT2D eigenvalue weighted by Crippen LogP contribution is -2.30. The van der Waals surface area contributed by atoms with Gasteiger partial charge in [-0.1, -0.05) is 263 Å². The van der Waals surface area contributed by atoms with Crippen LogP contribution >= 0.6 is 0 Å². The average Bonchev–Trinajstić information content (AvgIpc) is 3.34. The topological polar surface area (TPSA) is 78.9 Å². The smallest absolute Gasteiger partial charge is 0.306 e. The Bertz CT molecular complexity index is 1140. The molecule has 0 rings (SSSR count). The van der Waals surface area contributed by atoms with Gasteiger partial charge in [0.25, 0.3) is 0 Å². The van der Waals surface area contributed by atoms with Gasteiger partial charge in [-0.2, -0.15) is 0 Å². The molecule has 0 saturated carbocycles. The predicted molar refractivity (Wildman–Crippen MR) is 293 cm³/mol. The van der Waals surface area contributed by atoms with E-state index in [2.05, 4.69) is 57.2 Å². The highest BCUT2D eigenvalue weighted by Crippen LogP contribution is 2.17. The van der Waals surface area contributed by atoms with E-state index in [4.69, 9.17) is 14.2 Å². The SMILES string of the molecule is CCCCC/C=C\CCCCCCCC(=O)OCC(COC(=O)CCCCCCCCCCCCCCCCCCCCCCCC)OC(=O)CCCCCCC/C=C\C/C=C\CCCCCC. The second-order valence-electron chi connectivity index (χ2n) is 20.3. The first-order chi connectivity index (χ1) is 33.5. The molecule has 6 nitrogen and oxygen atoms in total. The summed E-state index contributed by atoms with van der Waals surface area (Å²) in [5.74, 6) is -0.883. The summed E-state index contributed by atoms with van der Waals surface area (Å²) in [7, 11) is 0. The number of hydrogen-bond donors (Lipinski definition) is 0. The predicted octanol–water partition coefficient (Wildman–Crippen LogP) is 20.0. The second kappa shape index (κ2) is 57.2. The Hall–Kier alpha value is -2.37. The van der Waals surface area contributed by atoms with Crippen molar-refractivity contribution < 1.29 is 28.6 Å². The van der Waals surface area contributed by atoms with Crippen molar-refractivity contribution in [2.24, 2.45) is 0 Å². The molecule has 68 heavy (non-hydrogen) atoms. The molecule has 6 heteroatoms. The van der Waals surface area contributed by atoms with Crippen molar-refractivity contribution in [3.8, 4) is 0 Å². The van der Waals surface area contributed by atoms with E-state index in [1.165, 1.54) is 193 Å². The fourth-order valence-electron chi connectivity index (χ4n) is 8.82. The highest BCUT2D eigenvalue weighted by molar-refractivity contribution is 5.71. The van der Waals surface area contributed by atoms with Gasteiger partial charge in [-0.15, -0.1) is 0 Å². The van der Waals surface area contributed by atoms with Gasteiger partial charge in [-0.05, 0) is 77.0 Å². The summed E-state index contributed by atoms with van der Waals surface area (Å²) >= 11 is 0. The molecule has 0 aromatic carbocycles. The molecule has 0 N–H and O–H groups in total. The summed E-state index contributed by atoms with van der Waals surface area (Å²) in [6.45, 7) is 6.62. The standard InChI is InChI=1S/C62H114O6/c1-4-7-10-13-16-19-22-25-27-29-30-31-32-33-34-36-37-40-43-46-49-52-55-61(64)67-58-59(57-66-60(63)54-51-48-45-42-39-24-21-18-15-12-9-6-3)68-62(65)56-53-50-47-44-41-38-35-28-26-23-20-17-14-11-8-5-2/h18,20-21,23,28,35,59H,4-17,19,22,24-27,29-34,36-58H2,1-3H3/b21-18-,23-20-,35-28-. The van der Waals surface area contributed by atoms with Gasteiger partial charge in [-0.25, -0.2) is 0 Å². The maximum atomic E-state index is 12.8. The Morgan fingerprint density at radius 1 is 0.294 bits per heavy atom. The number of rotatable bonds is 55. The Labute approximate surface area is 423 Å². The fourth-order valence-corrected chi connectivity index (χ4v) is 8.82. The average molecular weight is 956 g/mol. The molecule has 0 aromatic rings. The fraction of sp³-hybridized carbons (Fsp3) is 0.855. The Morgan fingerprint density at radius 2 is 0.529 bits per heavy atom. The third-order valence-electron chi connectivity index (χ3n) is 13.4. The molecule has 1 unspecified atom stereocenters. The number of carbonyl (C=O) groups is 3. The van der Waals surface area contributed by atoms with E-state index >= 15 is 0 Å². The van der Waals surface area contributed by atoms with Gasteiger partial charge in [0.1, 0.15) is 13.2 Å². The monoisotopic (exact) mass is 955 g/mol. The van der Waals surface area contributed by atoms with Crippen molar-refractivity contribution in [2.45, 2.75) is 329 Å². The van der Waals surface area contributed by atoms with Crippen molar-refractivity contribution in [3.63, 3.8) is 0 Å². The van der Waals surface area contributed by atoms with Crippen LogP contribution in [0.4, 0.5) is 0 Å². The summed E-state index contributed by atoms with van der Waals surface area (Å²) in [4.78, 5) is 38.1. The quantitative estimate of drug-likeness (QED) is 0.0262. The maximum absolute atomic E-state index is 12.8. The minimum atomic E-state index is -0.780. The summed E-state index contributed by atoms with van der Waals surface area (Å²) in [6.07, 6.45) is 68.6. The van der Waals surface area contributed by atoms with E-state index in [-0.39, 0.29) is 31.1 Å². The molecule has 0 bridgehead atoms. The molecule has 0 aliphatic rings.